The standard InChI is InChI=1S/C27H21N3O3S2/c1-16-4-7-20(8-5-16)35(32,33)30-11-10-21-25(24(34-3)12-17(2)26(21)30)27(31)23-14-19-13-18(15-28)6-9-22(19)29-23/h4-13H,14H2,1-3H3. The number of hydrogen-bond acceptors (Lipinski definition) is 6. The van der Waals surface area contributed by atoms with Gasteiger partial charge in [0.05, 0.1) is 33.4 Å². The second kappa shape index (κ2) is 8.52. The number of carbonyl (C=O) groups excluding carboxylic acids is 1. The highest BCUT2D eigenvalue weighted by Crippen LogP contribution is 2.36. The first-order valence-electron chi connectivity index (χ1n) is 10.9. The van der Waals surface area contributed by atoms with Crippen LogP contribution in [-0.4, -0.2) is 30.1 Å². The lowest BCUT2D eigenvalue weighted by atomic mass is 9.97. The van der Waals surface area contributed by atoms with Gasteiger partial charge < -0.3 is 0 Å². The van der Waals surface area contributed by atoms with Crippen LogP contribution in [-0.2, 0) is 16.4 Å². The molecule has 2 heterocycles. The second-order valence-electron chi connectivity index (χ2n) is 8.48. The molecule has 1 aliphatic rings. The van der Waals surface area contributed by atoms with Crippen LogP contribution < -0.4 is 0 Å². The summed E-state index contributed by atoms with van der Waals surface area (Å²) in [6.45, 7) is 3.75. The number of aryl methyl sites for hydroxylation is 2. The van der Waals surface area contributed by atoms with Crippen LogP contribution in [0.1, 0.15) is 32.6 Å². The molecule has 0 unspecified atom stereocenters. The molecule has 35 heavy (non-hydrogen) atoms. The van der Waals surface area contributed by atoms with Crippen molar-refractivity contribution < 1.29 is 13.2 Å². The molecule has 0 atom stereocenters. The Kier molecular flexibility index (Phi) is 5.62. The van der Waals surface area contributed by atoms with E-state index >= 15 is 0 Å². The highest BCUT2D eigenvalue weighted by molar-refractivity contribution is 7.98. The summed E-state index contributed by atoms with van der Waals surface area (Å²) in [5.74, 6) is -0.237. The van der Waals surface area contributed by atoms with Gasteiger partial charge in [-0.3, -0.25) is 4.79 Å². The summed E-state index contributed by atoms with van der Waals surface area (Å²) in [6, 6.07) is 17.6. The highest BCUT2D eigenvalue weighted by atomic mass is 32.2. The van der Waals surface area contributed by atoms with Crippen LogP contribution in [0.2, 0.25) is 0 Å². The Morgan fingerprint density at radius 2 is 1.83 bits per heavy atom. The average molecular weight is 500 g/mol. The normalized spacial score (nSPS) is 12.9. The molecule has 0 radical (unpaired) electrons. The molecule has 8 heteroatoms. The first kappa shape index (κ1) is 23.1. The third-order valence-electron chi connectivity index (χ3n) is 6.20. The molecule has 3 aromatic carbocycles. The third-order valence-corrected chi connectivity index (χ3v) is 8.65. The highest BCUT2D eigenvalue weighted by Gasteiger charge is 2.29. The Bertz CT molecular complexity index is 1710. The van der Waals surface area contributed by atoms with Crippen molar-refractivity contribution in [1.29, 1.82) is 5.26 Å². The number of rotatable bonds is 5. The molecule has 6 nitrogen and oxygen atoms in total. The number of thioether (sulfide) groups is 1. The Balaban J connectivity index is 1.65. The lowest BCUT2D eigenvalue weighted by Crippen LogP contribution is -2.17. The summed E-state index contributed by atoms with van der Waals surface area (Å²) in [4.78, 5) is 19.3. The van der Waals surface area contributed by atoms with E-state index in [1.807, 2.05) is 26.2 Å². The predicted octanol–water partition coefficient (Wildman–Crippen LogP) is 5.60. The first-order chi connectivity index (χ1) is 16.7. The van der Waals surface area contributed by atoms with E-state index in [0.29, 0.717) is 39.8 Å². The molecule has 0 saturated heterocycles. The lowest BCUT2D eigenvalue weighted by molar-refractivity contribution is 0.106. The van der Waals surface area contributed by atoms with E-state index in [1.54, 1.807) is 48.5 Å². The quantitative estimate of drug-likeness (QED) is 0.263. The largest absolute Gasteiger partial charge is 0.287 e. The monoisotopic (exact) mass is 499 g/mol. The zero-order chi connectivity index (χ0) is 24.9. The van der Waals surface area contributed by atoms with Crippen molar-refractivity contribution in [3.8, 4) is 6.07 Å². The van der Waals surface area contributed by atoms with Crippen molar-refractivity contribution in [3.63, 3.8) is 0 Å². The van der Waals surface area contributed by atoms with Crippen molar-refractivity contribution in [2.45, 2.75) is 30.1 Å². The van der Waals surface area contributed by atoms with E-state index in [9.17, 15) is 18.5 Å². The van der Waals surface area contributed by atoms with Gasteiger partial charge in [0, 0.05) is 28.5 Å². The van der Waals surface area contributed by atoms with Crippen LogP contribution in [0.15, 0.2) is 75.6 Å². The summed E-state index contributed by atoms with van der Waals surface area (Å²) < 4.78 is 28.2. The van der Waals surface area contributed by atoms with Crippen LogP contribution in [0.3, 0.4) is 0 Å². The SMILES string of the molecule is CSc1cc(C)c2c(ccn2S(=O)(=O)c2ccc(C)cc2)c1C(=O)C1=Nc2ccc(C#N)cc2C1. The zero-order valence-electron chi connectivity index (χ0n) is 19.4. The van der Waals surface area contributed by atoms with E-state index in [0.717, 1.165) is 21.6 Å². The number of nitrogens with zero attached hydrogens (tertiary/aromatic N) is 3. The van der Waals surface area contributed by atoms with Crippen molar-refractivity contribution >= 4 is 49.9 Å². The molecule has 0 aliphatic carbocycles. The van der Waals surface area contributed by atoms with Gasteiger partial charge in [0.1, 0.15) is 0 Å². The minimum Gasteiger partial charge on any atom is -0.287 e. The van der Waals surface area contributed by atoms with Crippen molar-refractivity contribution in [2.24, 2.45) is 4.99 Å². The molecule has 0 spiro atoms. The molecule has 0 N–H and O–H groups in total. The van der Waals surface area contributed by atoms with Crippen LogP contribution in [0.5, 0.6) is 0 Å². The molecular weight excluding hydrogens is 478 g/mol. The summed E-state index contributed by atoms with van der Waals surface area (Å²) in [5.41, 5.74) is 5.07. The van der Waals surface area contributed by atoms with Crippen molar-refractivity contribution in [3.05, 3.63) is 88.6 Å². The van der Waals surface area contributed by atoms with Gasteiger partial charge in [0.15, 0.2) is 0 Å². The zero-order valence-corrected chi connectivity index (χ0v) is 21.0. The predicted molar refractivity (Wildman–Crippen MR) is 139 cm³/mol. The number of carbonyl (C=O) groups is 1. The van der Waals surface area contributed by atoms with Gasteiger partial charge in [-0.15, -0.1) is 11.8 Å². The van der Waals surface area contributed by atoms with Crippen molar-refractivity contribution in [2.75, 3.05) is 6.26 Å². The molecule has 1 aliphatic heterocycles. The molecule has 174 valence electrons. The molecule has 0 bridgehead atoms. The van der Waals surface area contributed by atoms with E-state index in [2.05, 4.69) is 11.1 Å². The number of benzene rings is 3. The van der Waals surface area contributed by atoms with E-state index in [4.69, 9.17) is 0 Å². The summed E-state index contributed by atoms with van der Waals surface area (Å²) >= 11 is 1.44. The maximum Gasteiger partial charge on any atom is 0.268 e. The van der Waals surface area contributed by atoms with Gasteiger partial charge in [-0.2, -0.15) is 5.26 Å². The maximum absolute atomic E-state index is 13.8. The Morgan fingerprint density at radius 3 is 2.51 bits per heavy atom. The summed E-state index contributed by atoms with van der Waals surface area (Å²) in [7, 11) is -3.86. The van der Waals surface area contributed by atoms with Gasteiger partial charge in [0.25, 0.3) is 10.0 Å². The number of aromatic nitrogens is 1. The minimum atomic E-state index is -3.86. The molecule has 0 fully saturated rings. The first-order valence-corrected chi connectivity index (χ1v) is 13.6. The summed E-state index contributed by atoms with van der Waals surface area (Å²) in [5, 5.41) is 9.77. The van der Waals surface area contributed by atoms with E-state index in [1.165, 1.54) is 21.9 Å². The molecular formula is C27H21N3O3S2. The molecule has 0 amide bonds. The van der Waals surface area contributed by atoms with Gasteiger partial charge in [0.2, 0.25) is 5.78 Å². The Hall–Kier alpha value is -3.67. The van der Waals surface area contributed by atoms with E-state index < -0.39 is 10.0 Å². The molecule has 4 aromatic rings. The number of nitriles is 1. The maximum atomic E-state index is 13.8. The fourth-order valence-electron chi connectivity index (χ4n) is 4.44. The minimum absolute atomic E-state index is 0.186. The molecule has 1 aromatic heterocycles. The molecule has 5 rings (SSSR count). The van der Waals surface area contributed by atoms with Gasteiger partial charge in [-0.25, -0.2) is 17.4 Å². The molecule has 0 saturated carbocycles. The number of ketones is 1. The Labute approximate surface area is 208 Å². The fraction of sp³-hybridized carbons (Fsp3) is 0.148. The number of fused-ring (bicyclic) bond motifs is 2. The van der Waals surface area contributed by atoms with Gasteiger partial charge >= 0.3 is 0 Å². The van der Waals surface area contributed by atoms with E-state index in [-0.39, 0.29) is 10.7 Å². The van der Waals surface area contributed by atoms with Crippen molar-refractivity contribution in [1.82, 2.24) is 3.97 Å². The third kappa shape index (κ3) is 3.77. The van der Waals surface area contributed by atoms with Gasteiger partial charge in [-0.1, -0.05) is 17.7 Å². The topological polar surface area (TPSA) is 92.3 Å². The fourth-order valence-corrected chi connectivity index (χ4v) is 6.55. The number of hydrogen-bond donors (Lipinski definition) is 0. The van der Waals surface area contributed by atoms with Crippen LogP contribution in [0, 0.1) is 25.2 Å². The number of Topliss-reactive ketones (excluding diaryl/α,β-unsaturated/α-hetero) is 1. The summed E-state index contributed by atoms with van der Waals surface area (Å²) in [6.07, 6.45) is 3.73. The second-order valence-corrected chi connectivity index (χ2v) is 11.1. The smallest absolute Gasteiger partial charge is 0.268 e. The average Bonchev–Trinajstić information content (AvgIpc) is 3.48. The number of aliphatic imine (C=N–C) groups is 1. The lowest BCUT2D eigenvalue weighted by Gasteiger charge is -2.14. The van der Waals surface area contributed by atoms with Crippen LogP contribution >= 0.6 is 11.8 Å². The van der Waals surface area contributed by atoms with Crippen LogP contribution in [0.25, 0.3) is 10.9 Å². The Morgan fingerprint density at radius 1 is 1.09 bits per heavy atom. The van der Waals surface area contributed by atoms with Gasteiger partial charge in [-0.05, 0) is 73.7 Å². The van der Waals surface area contributed by atoms with Crippen LogP contribution in [0.4, 0.5) is 5.69 Å².